The SMILES string of the molecule is Oc1c(I)cc(Cl)nc1Cl. The first-order valence-electron chi connectivity index (χ1n) is 2.32. The molecule has 1 aromatic heterocycles. The van der Waals surface area contributed by atoms with Crippen LogP contribution in [0.1, 0.15) is 0 Å². The molecule has 0 saturated carbocycles. The van der Waals surface area contributed by atoms with Gasteiger partial charge in [-0.2, -0.15) is 0 Å². The molecule has 54 valence electrons. The van der Waals surface area contributed by atoms with Gasteiger partial charge in [0.1, 0.15) is 5.15 Å². The number of hydrogen-bond donors (Lipinski definition) is 1. The van der Waals surface area contributed by atoms with Gasteiger partial charge in [0, 0.05) is 0 Å². The van der Waals surface area contributed by atoms with E-state index in [0.717, 1.165) is 0 Å². The Hall–Kier alpha value is 0.260. The maximum Gasteiger partial charge on any atom is 0.173 e. The van der Waals surface area contributed by atoms with Crippen LogP contribution in [0.3, 0.4) is 0 Å². The Kier molecular flexibility index (Phi) is 2.60. The Bertz CT molecular complexity index is 243. The molecular formula is C5H2Cl2INO. The Morgan fingerprint density at radius 1 is 1.50 bits per heavy atom. The highest BCUT2D eigenvalue weighted by Gasteiger charge is 2.05. The standard InChI is InChI=1S/C5H2Cl2INO/c6-3-1-2(8)4(10)5(7)9-3/h1,10H. The molecule has 0 atom stereocenters. The molecule has 10 heavy (non-hydrogen) atoms. The molecule has 1 heterocycles. The zero-order valence-electron chi connectivity index (χ0n) is 4.61. The summed E-state index contributed by atoms with van der Waals surface area (Å²) in [4.78, 5) is 3.61. The predicted octanol–water partition coefficient (Wildman–Crippen LogP) is 2.70. The number of hydrogen-bond acceptors (Lipinski definition) is 2. The molecule has 0 aliphatic carbocycles. The maximum absolute atomic E-state index is 9.07. The summed E-state index contributed by atoms with van der Waals surface area (Å²) < 4.78 is 0.600. The second-order valence-electron chi connectivity index (χ2n) is 1.57. The number of pyridine rings is 1. The van der Waals surface area contributed by atoms with Crippen LogP contribution in [0.5, 0.6) is 5.75 Å². The lowest BCUT2D eigenvalue weighted by atomic mass is 10.5. The molecule has 0 aliphatic rings. The molecule has 5 heteroatoms. The molecule has 0 unspecified atom stereocenters. The van der Waals surface area contributed by atoms with Gasteiger partial charge in [-0.15, -0.1) is 0 Å². The molecule has 0 amide bonds. The van der Waals surface area contributed by atoms with Crippen molar-refractivity contribution < 1.29 is 5.11 Å². The van der Waals surface area contributed by atoms with E-state index in [2.05, 4.69) is 4.98 Å². The monoisotopic (exact) mass is 289 g/mol. The lowest BCUT2D eigenvalue weighted by Crippen LogP contribution is -1.81. The molecule has 0 spiro atoms. The summed E-state index contributed by atoms with van der Waals surface area (Å²) in [5.41, 5.74) is 0. The zero-order valence-corrected chi connectivity index (χ0v) is 8.28. The van der Waals surface area contributed by atoms with E-state index in [1.54, 1.807) is 0 Å². The Morgan fingerprint density at radius 3 is 2.60 bits per heavy atom. The summed E-state index contributed by atoms with van der Waals surface area (Å²) in [5, 5.41) is 9.39. The Labute approximate surface area is 81.3 Å². The van der Waals surface area contributed by atoms with Gasteiger partial charge < -0.3 is 5.11 Å². The van der Waals surface area contributed by atoms with E-state index in [1.165, 1.54) is 6.07 Å². The van der Waals surface area contributed by atoms with Crippen LogP contribution in [-0.4, -0.2) is 10.1 Å². The minimum atomic E-state index is -0.0216. The van der Waals surface area contributed by atoms with Gasteiger partial charge in [0.25, 0.3) is 0 Å². The molecule has 0 bridgehead atoms. The van der Waals surface area contributed by atoms with Crippen LogP contribution in [0, 0.1) is 3.57 Å². The van der Waals surface area contributed by atoms with E-state index in [1.807, 2.05) is 22.6 Å². The topological polar surface area (TPSA) is 33.1 Å². The Balaban J connectivity index is 3.31. The predicted molar refractivity (Wildman–Crippen MR) is 48.6 cm³/mol. The quantitative estimate of drug-likeness (QED) is 0.588. The van der Waals surface area contributed by atoms with E-state index in [4.69, 9.17) is 28.3 Å². The fourth-order valence-corrected chi connectivity index (χ4v) is 1.77. The van der Waals surface area contributed by atoms with Gasteiger partial charge in [-0.05, 0) is 28.7 Å². The average molecular weight is 290 g/mol. The van der Waals surface area contributed by atoms with Crippen LogP contribution in [-0.2, 0) is 0 Å². The summed E-state index contributed by atoms with van der Waals surface area (Å²) in [6.45, 7) is 0. The van der Waals surface area contributed by atoms with E-state index in [-0.39, 0.29) is 16.1 Å². The minimum absolute atomic E-state index is 0.0216. The van der Waals surface area contributed by atoms with Crippen molar-refractivity contribution >= 4 is 45.8 Å². The number of aromatic nitrogens is 1. The van der Waals surface area contributed by atoms with E-state index in [0.29, 0.717) is 3.57 Å². The number of halogens is 3. The van der Waals surface area contributed by atoms with Crippen molar-refractivity contribution in [2.24, 2.45) is 0 Å². The van der Waals surface area contributed by atoms with Crippen LogP contribution in [0.2, 0.25) is 10.3 Å². The second kappa shape index (κ2) is 3.11. The van der Waals surface area contributed by atoms with Crippen LogP contribution in [0.15, 0.2) is 6.07 Å². The van der Waals surface area contributed by atoms with Crippen molar-refractivity contribution in [3.05, 3.63) is 19.9 Å². The molecule has 1 rings (SSSR count). The largest absolute Gasteiger partial charge is 0.504 e. The van der Waals surface area contributed by atoms with Gasteiger partial charge in [-0.25, -0.2) is 4.98 Å². The maximum atomic E-state index is 9.07. The van der Waals surface area contributed by atoms with Gasteiger partial charge >= 0.3 is 0 Å². The van der Waals surface area contributed by atoms with Crippen molar-refractivity contribution in [2.45, 2.75) is 0 Å². The van der Waals surface area contributed by atoms with Crippen LogP contribution < -0.4 is 0 Å². The fraction of sp³-hybridized carbons (Fsp3) is 0. The highest BCUT2D eigenvalue weighted by Crippen LogP contribution is 2.28. The molecule has 0 fully saturated rings. The van der Waals surface area contributed by atoms with Gasteiger partial charge in [-0.3, -0.25) is 0 Å². The molecule has 0 aromatic carbocycles. The Morgan fingerprint density at radius 2 is 2.10 bits per heavy atom. The molecule has 1 aromatic rings. The lowest BCUT2D eigenvalue weighted by molar-refractivity contribution is 0.469. The number of rotatable bonds is 0. The molecule has 1 N–H and O–H groups in total. The number of aromatic hydroxyl groups is 1. The van der Waals surface area contributed by atoms with Crippen molar-refractivity contribution in [1.29, 1.82) is 0 Å². The summed E-state index contributed by atoms with van der Waals surface area (Å²) in [6, 6.07) is 1.53. The highest BCUT2D eigenvalue weighted by atomic mass is 127. The van der Waals surface area contributed by atoms with E-state index < -0.39 is 0 Å². The normalized spacial score (nSPS) is 9.90. The third kappa shape index (κ3) is 1.65. The summed E-state index contributed by atoms with van der Waals surface area (Å²) in [7, 11) is 0. The van der Waals surface area contributed by atoms with Crippen LogP contribution >= 0.6 is 45.8 Å². The fourth-order valence-electron chi connectivity index (χ4n) is 0.450. The lowest BCUT2D eigenvalue weighted by Gasteiger charge is -1.97. The van der Waals surface area contributed by atoms with Crippen LogP contribution in [0.25, 0.3) is 0 Å². The molecule has 2 nitrogen and oxygen atoms in total. The first-order valence-corrected chi connectivity index (χ1v) is 4.15. The third-order valence-corrected chi connectivity index (χ3v) is 2.15. The van der Waals surface area contributed by atoms with Crippen molar-refractivity contribution in [3.8, 4) is 5.75 Å². The smallest absolute Gasteiger partial charge is 0.173 e. The zero-order chi connectivity index (χ0) is 7.72. The molecular weight excluding hydrogens is 288 g/mol. The van der Waals surface area contributed by atoms with Gasteiger partial charge in [-0.1, -0.05) is 23.2 Å². The first kappa shape index (κ1) is 8.36. The summed E-state index contributed by atoms with van der Waals surface area (Å²) >= 11 is 12.9. The molecule has 0 aliphatic heterocycles. The van der Waals surface area contributed by atoms with E-state index in [9.17, 15) is 0 Å². The van der Waals surface area contributed by atoms with Gasteiger partial charge in [0.15, 0.2) is 10.9 Å². The summed E-state index contributed by atoms with van der Waals surface area (Å²) in [5.74, 6) is -0.0216. The first-order chi connectivity index (χ1) is 4.61. The summed E-state index contributed by atoms with van der Waals surface area (Å²) in [6.07, 6.45) is 0. The number of nitrogens with zero attached hydrogens (tertiary/aromatic N) is 1. The molecule has 0 saturated heterocycles. The van der Waals surface area contributed by atoms with Crippen molar-refractivity contribution in [3.63, 3.8) is 0 Å². The van der Waals surface area contributed by atoms with Gasteiger partial charge in [0.05, 0.1) is 3.57 Å². The van der Waals surface area contributed by atoms with Crippen LogP contribution in [0.4, 0.5) is 0 Å². The highest BCUT2D eigenvalue weighted by molar-refractivity contribution is 14.1. The van der Waals surface area contributed by atoms with Gasteiger partial charge in [0.2, 0.25) is 0 Å². The van der Waals surface area contributed by atoms with Crippen molar-refractivity contribution in [1.82, 2.24) is 4.98 Å². The molecule has 0 radical (unpaired) electrons. The minimum Gasteiger partial charge on any atom is -0.504 e. The van der Waals surface area contributed by atoms with E-state index >= 15 is 0 Å². The second-order valence-corrected chi connectivity index (χ2v) is 3.47. The third-order valence-electron chi connectivity index (χ3n) is 0.872. The average Bonchev–Trinajstić information content (AvgIpc) is 1.82. The van der Waals surface area contributed by atoms with Crippen molar-refractivity contribution in [2.75, 3.05) is 0 Å².